The third kappa shape index (κ3) is 7.14. The second kappa shape index (κ2) is 7.47. The number of nitrogens with one attached hydrogen (secondary N) is 1. The first-order valence-electron chi connectivity index (χ1n) is 6.62. The first-order valence-corrected chi connectivity index (χ1v) is 7.79. The van der Waals surface area contributed by atoms with Crippen LogP contribution >= 0.6 is 27.5 Å². The van der Waals surface area contributed by atoms with Crippen LogP contribution in [0.3, 0.4) is 0 Å². The highest BCUT2D eigenvalue weighted by atomic mass is 79.9. The van der Waals surface area contributed by atoms with E-state index in [0.717, 1.165) is 28.9 Å². The maximum absolute atomic E-state index is 6.23. The zero-order valence-corrected chi connectivity index (χ0v) is 14.5. The van der Waals surface area contributed by atoms with Gasteiger partial charge in [-0.3, -0.25) is 0 Å². The fourth-order valence-electron chi connectivity index (χ4n) is 1.80. The first-order chi connectivity index (χ1) is 8.78. The lowest BCUT2D eigenvalue weighted by Gasteiger charge is -2.19. The highest BCUT2D eigenvalue weighted by Gasteiger charge is 2.06. The zero-order chi connectivity index (χ0) is 14.5. The van der Waals surface area contributed by atoms with Crippen molar-refractivity contribution in [3.05, 3.63) is 44.9 Å². The largest absolute Gasteiger partial charge is 0.312 e. The standard InChI is InChI=1S/C16H23BrClN/c1-12(6-5-9-19-16(2,3)4)10-13-7-8-14(17)11-15(13)18/h6-8,11,19H,5,9-10H2,1-4H3/b12-6-. The summed E-state index contributed by atoms with van der Waals surface area (Å²) in [4.78, 5) is 0. The van der Waals surface area contributed by atoms with Gasteiger partial charge in [0.15, 0.2) is 0 Å². The van der Waals surface area contributed by atoms with Gasteiger partial charge >= 0.3 is 0 Å². The molecule has 0 aromatic heterocycles. The predicted octanol–water partition coefficient (Wildman–Crippen LogP) is 5.37. The van der Waals surface area contributed by atoms with Crippen LogP contribution in [0.15, 0.2) is 34.3 Å². The third-order valence-electron chi connectivity index (χ3n) is 2.78. The molecule has 0 heterocycles. The van der Waals surface area contributed by atoms with Crippen molar-refractivity contribution >= 4 is 27.5 Å². The summed E-state index contributed by atoms with van der Waals surface area (Å²) in [6, 6.07) is 6.07. The predicted molar refractivity (Wildman–Crippen MR) is 89.0 cm³/mol. The van der Waals surface area contributed by atoms with Crippen LogP contribution in [0, 0.1) is 0 Å². The Hall–Kier alpha value is -0.310. The Morgan fingerprint density at radius 1 is 1.37 bits per heavy atom. The minimum absolute atomic E-state index is 0.191. The Morgan fingerprint density at radius 2 is 2.05 bits per heavy atom. The molecule has 106 valence electrons. The number of hydrogen-bond acceptors (Lipinski definition) is 1. The molecule has 19 heavy (non-hydrogen) atoms. The van der Waals surface area contributed by atoms with Gasteiger partial charge in [0.05, 0.1) is 0 Å². The maximum Gasteiger partial charge on any atom is 0.0452 e. The van der Waals surface area contributed by atoms with Crippen LogP contribution in [0.2, 0.25) is 5.02 Å². The molecule has 0 radical (unpaired) electrons. The molecule has 0 atom stereocenters. The van der Waals surface area contributed by atoms with Gasteiger partial charge in [-0.1, -0.05) is 45.2 Å². The fourth-order valence-corrected chi connectivity index (χ4v) is 2.54. The summed E-state index contributed by atoms with van der Waals surface area (Å²) in [5, 5.41) is 4.31. The maximum atomic E-state index is 6.23. The second-order valence-corrected chi connectivity index (χ2v) is 7.25. The van der Waals surface area contributed by atoms with E-state index in [1.54, 1.807) is 0 Å². The summed E-state index contributed by atoms with van der Waals surface area (Å²) in [5.74, 6) is 0. The normalized spacial score (nSPS) is 12.8. The smallest absolute Gasteiger partial charge is 0.0452 e. The molecule has 0 fully saturated rings. The van der Waals surface area contributed by atoms with Gasteiger partial charge in [-0.2, -0.15) is 0 Å². The molecule has 0 amide bonds. The van der Waals surface area contributed by atoms with E-state index in [1.807, 2.05) is 12.1 Å². The Balaban J connectivity index is 2.48. The molecule has 0 saturated heterocycles. The minimum Gasteiger partial charge on any atom is -0.312 e. The molecule has 0 saturated carbocycles. The van der Waals surface area contributed by atoms with Gasteiger partial charge in [0.1, 0.15) is 0 Å². The van der Waals surface area contributed by atoms with E-state index >= 15 is 0 Å². The number of halogens is 2. The zero-order valence-electron chi connectivity index (χ0n) is 12.2. The molecule has 0 aliphatic rings. The van der Waals surface area contributed by atoms with E-state index in [9.17, 15) is 0 Å². The second-order valence-electron chi connectivity index (χ2n) is 5.93. The van der Waals surface area contributed by atoms with Crippen molar-refractivity contribution in [2.45, 2.75) is 46.1 Å². The van der Waals surface area contributed by atoms with Gasteiger partial charge in [0, 0.05) is 15.0 Å². The lowest BCUT2D eigenvalue weighted by atomic mass is 10.1. The Bertz CT molecular complexity index is 447. The van der Waals surface area contributed by atoms with Crippen molar-refractivity contribution in [3.8, 4) is 0 Å². The number of hydrogen-bond donors (Lipinski definition) is 1. The van der Waals surface area contributed by atoms with Crippen LogP contribution in [0.4, 0.5) is 0 Å². The van der Waals surface area contributed by atoms with Gasteiger partial charge in [0.2, 0.25) is 0 Å². The van der Waals surface area contributed by atoms with Crippen LogP contribution in [0.5, 0.6) is 0 Å². The number of allylic oxidation sites excluding steroid dienone is 1. The van der Waals surface area contributed by atoms with E-state index in [-0.39, 0.29) is 5.54 Å². The molecule has 0 spiro atoms. The topological polar surface area (TPSA) is 12.0 Å². The fraction of sp³-hybridized carbons (Fsp3) is 0.500. The molecule has 0 bridgehead atoms. The highest BCUT2D eigenvalue weighted by Crippen LogP contribution is 2.23. The highest BCUT2D eigenvalue weighted by molar-refractivity contribution is 9.10. The molecule has 1 nitrogen and oxygen atoms in total. The lowest BCUT2D eigenvalue weighted by molar-refractivity contribution is 0.431. The first kappa shape index (κ1) is 16.7. The van der Waals surface area contributed by atoms with Crippen LogP contribution in [0.1, 0.15) is 39.7 Å². The van der Waals surface area contributed by atoms with Crippen molar-refractivity contribution in [1.82, 2.24) is 5.32 Å². The molecule has 0 aliphatic heterocycles. The average molecular weight is 345 g/mol. The molecule has 1 N–H and O–H groups in total. The molecule has 0 aliphatic carbocycles. The quantitative estimate of drug-likeness (QED) is 0.559. The van der Waals surface area contributed by atoms with E-state index in [1.165, 1.54) is 11.1 Å². The molecular weight excluding hydrogens is 322 g/mol. The molecular formula is C16H23BrClN. The van der Waals surface area contributed by atoms with Gasteiger partial charge in [-0.05, 0) is 64.8 Å². The summed E-state index contributed by atoms with van der Waals surface area (Å²) in [6.07, 6.45) is 4.26. The third-order valence-corrected chi connectivity index (χ3v) is 3.62. The Labute approximate surface area is 130 Å². The minimum atomic E-state index is 0.191. The van der Waals surface area contributed by atoms with Gasteiger partial charge in [0.25, 0.3) is 0 Å². The van der Waals surface area contributed by atoms with Crippen molar-refractivity contribution < 1.29 is 0 Å². The van der Waals surface area contributed by atoms with Crippen LogP contribution in [-0.2, 0) is 6.42 Å². The van der Waals surface area contributed by atoms with E-state index < -0.39 is 0 Å². The van der Waals surface area contributed by atoms with Crippen molar-refractivity contribution in [3.63, 3.8) is 0 Å². The summed E-state index contributed by atoms with van der Waals surface area (Å²) in [6.45, 7) is 9.73. The summed E-state index contributed by atoms with van der Waals surface area (Å²) < 4.78 is 1.03. The monoisotopic (exact) mass is 343 g/mol. The summed E-state index contributed by atoms with van der Waals surface area (Å²) >= 11 is 9.65. The average Bonchev–Trinajstić information content (AvgIpc) is 2.27. The van der Waals surface area contributed by atoms with Crippen LogP contribution < -0.4 is 5.32 Å². The van der Waals surface area contributed by atoms with Crippen molar-refractivity contribution in [2.75, 3.05) is 6.54 Å². The van der Waals surface area contributed by atoms with Gasteiger partial charge in [-0.15, -0.1) is 0 Å². The summed E-state index contributed by atoms with van der Waals surface area (Å²) in [7, 11) is 0. The van der Waals surface area contributed by atoms with Crippen LogP contribution in [0.25, 0.3) is 0 Å². The number of benzene rings is 1. The van der Waals surface area contributed by atoms with Gasteiger partial charge < -0.3 is 5.32 Å². The molecule has 1 rings (SSSR count). The number of rotatable bonds is 5. The SMILES string of the molecule is C/C(=C/CCNC(C)(C)C)Cc1ccc(Br)cc1Cl. The molecule has 0 unspecified atom stereocenters. The van der Waals surface area contributed by atoms with Crippen molar-refractivity contribution in [1.29, 1.82) is 0 Å². The van der Waals surface area contributed by atoms with E-state index in [4.69, 9.17) is 11.6 Å². The van der Waals surface area contributed by atoms with Crippen LogP contribution in [-0.4, -0.2) is 12.1 Å². The van der Waals surface area contributed by atoms with Crippen molar-refractivity contribution in [2.24, 2.45) is 0 Å². The molecule has 3 heteroatoms. The van der Waals surface area contributed by atoms with Gasteiger partial charge in [-0.25, -0.2) is 0 Å². The van der Waals surface area contributed by atoms with E-state index in [2.05, 4.69) is 61.1 Å². The lowest BCUT2D eigenvalue weighted by Crippen LogP contribution is -2.36. The molecule has 1 aromatic rings. The molecule has 1 aromatic carbocycles. The Kier molecular flexibility index (Phi) is 6.58. The summed E-state index contributed by atoms with van der Waals surface area (Å²) in [5.41, 5.74) is 2.74. The van der Waals surface area contributed by atoms with E-state index in [0.29, 0.717) is 0 Å². The Morgan fingerprint density at radius 3 is 2.63 bits per heavy atom.